The Hall–Kier alpha value is -3.54. The van der Waals surface area contributed by atoms with Crippen LogP contribution in [0, 0.1) is 13.8 Å². The second kappa shape index (κ2) is 8.06. The van der Waals surface area contributed by atoms with Gasteiger partial charge in [-0.25, -0.2) is 0 Å². The van der Waals surface area contributed by atoms with Gasteiger partial charge >= 0.3 is 0 Å². The Morgan fingerprint density at radius 1 is 1.13 bits per heavy atom. The van der Waals surface area contributed by atoms with Crippen LogP contribution < -0.4 is 20.5 Å². The molecule has 0 atom stereocenters. The Labute approximate surface area is 175 Å². The van der Waals surface area contributed by atoms with Crippen molar-refractivity contribution in [2.24, 2.45) is 0 Å². The summed E-state index contributed by atoms with van der Waals surface area (Å²) in [7, 11) is 1.99. The maximum absolute atomic E-state index is 13.1. The van der Waals surface area contributed by atoms with Crippen LogP contribution in [-0.2, 0) is 6.54 Å². The molecule has 2 N–H and O–H groups in total. The van der Waals surface area contributed by atoms with E-state index < -0.39 is 0 Å². The van der Waals surface area contributed by atoms with Crippen molar-refractivity contribution in [1.82, 2.24) is 10.3 Å². The quantitative estimate of drug-likeness (QED) is 0.700. The van der Waals surface area contributed by atoms with Gasteiger partial charge in [0, 0.05) is 24.8 Å². The minimum atomic E-state index is -0.265. The van der Waals surface area contributed by atoms with Gasteiger partial charge in [0.15, 0.2) is 5.75 Å². The first-order chi connectivity index (χ1) is 14.4. The highest BCUT2D eigenvalue weighted by molar-refractivity contribution is 6.00. The van der Waals surface area contributed by atoms with E-state index in [1.165, 1.54) is 0 Å². The number of pyridine rings is 1. The summed E-state index contributed by atoms with van der Waals surface area (Å²) in [5.74, 6) is 0.314. The molecule has 0 aliphatic carbocycles. The Balaban J connectivity index is 1.70. The molecule has 3 aromatic rings. The summed E-state index contributed by atoms with van der Waals surface area (Å²) in [5, 5.41) is 2.90. The van der Waals surface area contributed by atoms with Crippen LogP contribution in [0.5, 0.6) is 5.75 Å². The number of nitrogens with zero attached hydrogens (tertiary/aromatic N) is 1. The SMILES string of the molecule is Cc1cc(C)c(CNC(=O)c2cc(-c3ccccc3)cc3c2OCCN3C)c(=O)[nH]1. The summed E-state index contributed by atoms with van der Waals surface area (Å²) in [6, 6.07) is 15.8. The molecule has 0 bridgehead atoms. The number of anilines is 1. The molecule has 6 nitrogen and oxygen atoms in total. The summed E-state index contributed by atoms with van der Waals surface area (Å²) in [6.45, 7) is 5.14. The highest BCUT2D eigenvalue weighted by Gasteiger charge is 2.24. The molecule has 0 unspecified atom stereocenters. The van der Waals surface area contributed by atoms with Crippen LogP contribution in [0.4, 0.5) is 5.69 Å². The highest BCUT2D eigenvalue weighted by atomic mass is 16.5. The molecule has 154 valence electrons. The molecule has 1 aromatic heterocycles. The predicted molar refractivity (Wildman–Crippen MR) is 118 cm³/mol. The van der Waals surface area contributed by atoms with Crippen LogP contribution in [-0.4, -0.2) is 31.1 Å². The number of amides is 1. The molecule has 0 saturated heterocycles. The predicted octanol–water partition coefficient (Wildman–Crippen LogP) is 3.42. The molecule has 0 saturated carbocycles. The lowest BCUT2D eigenvalue weighted by Gasteiger charge is -2.29. The molecule has 4 rings (SSSR count). The third-order valence-corrected chi connectivity index (χ3v) is 5.42. The monoisotopic (exact) mass is 403 g/mol. The summed E-state index contributed by atoms with van der Waals surface area (Å²) in [5.41, 5.74) is 5.36. The number of H-pyrrole nitrogens is 1. The van der Waals surface area contributed by atoms with E-state index in [0.29, 0.717) is 23.5 Å². The maximum atomic E-state index is 13.1. The van der Waals surface area contributed by atoms with E-state index in [1.807, 2.05) is 63.4 Å². The lowest BCUT2D eigenvalue weighted by atomic mass is 9.99. The number of hydrogen-bond donors (Lipinski definition) is 2. The lowest BCUT2D eigenvalue weighted by Crippen LogP contribution is -2.32. The number of aromatic nitrogens is 1. The zero-order valence-electron chi connectivity index (χ0n) is 17.4. The van der Waals surface area contributed by atoms with Crippen molar-refractivity contribution in [3.05, 3.63) is 81.3 Å². The highest BCUT2D eigenvalue weighted by Crippen LogP contribution is 2.38. The Morgan fingerprint density at radius 2 is 1.90 bits per heavy atom. The number of ether oxygens (including phenoxy) is 1. The van der Waals surface area contributed by atoms with Crippen LogP contribution in [0.25, 0.3) is 11.1 Å². The van der Waals surface area contributed by atoms with Crippen molar-refractivity contribution >= 4 is 11.6 Å². The van der Waals surface area contributed by atoms with Gasteiger partial charge in [0.2, 0.25) is 0 Å². The summed E-state index contributed by atoms with van der Waals surface area (Å²) < 4.78 is 5.88. The fraction of sp³-hybridized carbons (Fsp3) is 0.250. The zero-order valence-corrected chi connectivity index (χ0v) is 17.4. The Kier molecular flexibility index (Phi) is 5.31. The van der Waals surface area contributed by atoms with E-state index in [-0.39, 0.29) is 18.0 Å². The number of benzene rings is 2. The molecule has 0 radical (unpaired) electrons. The second-order valence-corrected chi connectivity index (χ2v) is 7.63. The van der Waals surface area contributed by atoms with Crippen molar-refractivity contribution in [3.8, 4) is 16.9 Å². The molecular weight excluding hydrogens is 378 g/mol. The number of carbonyl (C=O) groups is 1. The van der Waals surface area contributed by atoms with Crippen LogP contribution in [0.2, 0.25) is 0 Å². The van der Waals surface area contributed by atoms with Gasteiger partial charge in [-0.2, -0.15) is 0 Å². The van der Waals surface area contributed by atoms with Crippen molar-refractivity contribution in [1.29, 1.82) is 0 Å². The molecule has 30 heavy (non-hydrogen) atoms. The molecule has 2 aromatic carbocycles. The zero-order chi connectivity index (χ0) is 21.3. The van der Waals surface area contributed by atoms with Crippen molar-refractivity contribution in [3.63, 3.8) is 0 Å². The number of nitrogens with one attached hydrogen (secondary N) is 2. The fourth-order valence-electron chi connectivity index (χ4n) is 3.78. The van der Waals surface area contributed by atoms with E-state index in [4.69, 9.17) is 4.74 Å². The van der Waals surface area contributed by atoms with E-state index >= 15 is 0 Å². The third-order valence-electron chi connectivity index (χ3n) is 5.42. The van der Waals surface area contributed by atoms with Crippen LogP contribution in [0.3, 0.4) is 0 Å². The number of aromatic amines is 1. The van der Waals surface area contributed by atoms with E-state index in [2.05, 4.69) is 21.3 Å². The number of carbonyl (C=O) groups excluding carboxylic acids is 1. The molecule has 1 aliphatic rings. The van der Waals surface area contributed by atoms with Gasteiger partial charge < -0.3 is 19.9 Å². The van der Waals surface area contributed by atoms with Crippen LogP contribution >= 0.6 is 0 Å². The van der Waals surface area contributed by atoms with Gasteiger partial charge in [-0.15, -0.1) is 0 Å². The summed E-state index contributed by atoms with van der Waals surface area (Å²) in [6.07, 6.45) is 0. The molecule has 1 aliphatic heterocycles. The third kappa shape index (κ3) is 3.81. The number of rotatable bonds is 4. The molecule has 6 heteroatoms. The van der Waals surface area contributed by atoms with Gasteiger partial charge in [-0.3, -0.25) is 9.59 Å². The standard InChI is InChI=1S/C24H25N3O3/c1-15-11-16(2)26-24(29)20(15)14-25-23(28)19-12-18(17-7-5-4-6-8-17)13-21-22(19)30-10-9-27(21)3/h4-8,11-13H,9-10,14H2,1-3H3,(H,25,28)(H,26,29). The topological polar surface area (TPSA) is 74.4 Å². The Bertz CT molecular complexity index is 1150. The first-order valence-electron chi connectivity index (χ1n) is 9.99. The largest absolute Gasteiger partial charge is 0.489 e. The number of hydrogen-bond acceptors (Lipinski definition) is 4. The first-order valence-corrected chi connectivity index (χ1v) is 9.99. The van der Waals surface area contributed by atoms with Gasteiger partial charge in [-0.1, -0.05) is 30.3 Å². The van der Waals surface area contributed by atoms with E-state index in [0.717, 1.165) is 34.6 Å². The maximum Gasteiger partial charge on any atom is 0.255 e. The van der Waals surface area contributed by atoms with Gasteiger partial charge in [0.05, 0.1) is 17.8 Å². The van der Waals surface area contributed by atoms with Gasteiger partial charge in [0.1, 0.15) is 6.61 Å². The molecular formula is C24H25N3O3. The average Bonchev–Trinajstić information content (AvgIpc) is 2.73. The van der Waals surface area contributed by atoms with E-state index in [1.54, 1.807) is 0 Å². The Morgan fingerprint density at radius 3 is 2.63 bits per heavy atom. The van der Waals surface area contributed by atoms with Crippen LogP contribution in [0.15, 0.2) is 53.3 Å². The number of likely N-dealkylation sites (N-methyl/N-ethyl adjacent to an activating group) is 1. The van der Waals surface area contributed by atoms with Crippen molar-refractivity contribution in [2.45, 2.75) is 20.4 Å². The lowest BCUT2D eigenvalue weighted by molar-refractivity contribution is 0.0946. The normalized spacial score (nSPS) is 12.8. The molecule has 1 amide bonds. The van der Waals surface area contributed by atoms with Gasteiger partial charge in [-0.05, 0) is 48.7 Å². The number of aryl methyl sites for hydroxylation is 2. The first kappa shape index (κ1) is 19.8. The smallest absolute Gasteiger partial charge is 0.255 e. The second-order valence-electron chi connectivity index (χ2n) is 7.63. The minimum absolute atomic E-state index is 0.153. The van der Waals surface area contributed by atoms with Crippen LogP contribution in [0.1, 0.15) is 27.2 Å². The summed E-state index contributed by atoms with van der Waals surface area (Å²) in [4.78, 5) is 30.3. The molecule has 0 fully saturated rings. The fourth-order valence-corrected chi connectivity index (χ4v) is 3.78. The average molecular weight is 403 g/mol. The molecule has 2 heterocycles. The van der Waals surface area contributed by atoms with E-state index in [9.17, 15) is 9.59 Å². The molecule has 0 spiro atoms. The number of fused-ring (bicyclic) bond motifs is 1. The van der Waals surface area contributed by atoms with Crippen molar-refractivity contribution in [2.75, 3.05) is 25.1 Å². The van der Waals surface area contributed by atoms with Gasteiger partial charge in [0.25, 0.3) is 11.5 Å². The minimum Gasteiger partial charge on any atom is -0.489 e. The summed E-state index contributed by atoms with van der Waals surface area (Å²) >= 11 is 0. The van der Waals surface area contributed by atoms with Crippen molar-refractivity contribution < 1.29 is 9.53 Å².